The second-order valence-corrected chi connectivity index (χ2v) is 4.89. The smallest absolute Gasteiger partial charge is 0.226 e. The summed E-state index contributed by atoms with van der Waals surface area (Å²) >= 11 is 0. The largest absolute Gasteiger partial charge is 0.399 e. The highest BCUT2D eigenvalue weighted by molar-refractivity contribution is 5.91. The van der Waals surface area contributed by atoms with E-state index in [1.165, 1.54) is 12.8 Å². The first-order valence-electron chi connectivity index (χ1n) is 6.39. The third kappa shape index (κ3) is 4.04. The molecule has 0 aromatic heterocycles. The lowest BCUT2D eigenvalue weighted by atomic mass is 10.2. The van der Waals surface area contributed by atoms with Crippen LogP contribution in [-0.4, -0.2) is 19.1 Å². The molecule has 0 unspecified atom stereocenters. The van der Waals surface area contributed by atoms with Crippen LogP contribution in [0.2, 0.25) is 0 Å². The molecular weight excluding hydrogens is 228 g/mol. The van der Waals surface area contributed by atoms with E-state index < -0.39 is 0 Å². The summed E-state index contributed by atoms with van der Waals surface area (Å²) in [5.41, 5.74) is 8.16. The lowest BCUT2D eigenvalue weighted by Gasteiger charge is -2.09. The van der Waals surface area contributed by atoms with Crippen LogP contribution in [0.25, 0.3) is 0 Å². The number of nitrogens with two attached hydrogens (primary N) is 1. The SMILES string of the molecule is Cc1cc(N)ccc1NC(=O)CCOCC1CC1. The van der Waals surface area contributed by atoms with Crippen LogP contribution in [0.4, 0.5) is 11.4 Å². The van der Waals surface area contributed by atoms with Crippen LogP contribution in [0.3, 0.4) is 0 Å². The Bertz CT molecular complexity index is 428. The minimum absolute atomic E-state index is 0.0151. The molecule has 0 heterocycles. The van der Waals surface area contributed by atoms with Gasteiger partial charge in [-0.1, -0.05) is 0 Å². The molecule has 3 N–H and O–H groups in total. The average molecular weight is 248 g/mol. The van der Waals surface area contributed by atoms with E-state index in [1.807, 2.05) is 19.1 Å². The van der Waals surface area contributed by atoms with Gasteiger partial charge in [0.1, 0.15) is 0 Å². The fourth-order valence-corrected chi connectivity index (χ4v) is 1.74. The van der Waals surface area contributed by atoms with Crippen LogP contribution in [-0.2, 0) is 9.53 Å². The van der Waals surface area contributed by atoms with Crippen molar-refractivity contribution in [1.29, 1.82) is 0 Å². The Labute approximate surface area is 108 Å². The van der Waals surface area contributed by atoms with E-state index in [4.69, 9.17) is 10.5 Å². The highest BCUT2D eigenvalue weighted by Crippen LogP contribution is 2.28. The molecule has 0 aliphatic heterocycles. The van der Waals surface area contributed by atoms with Crippen molar-refractivity contribution in [2.75, 3.05) is 24.3 Å². The third-order valence-corrected chi connectivity index (χ3v) is 3.05. The molecule has 1 aliphatic rings. The zero-order valence-corrected chi connectivity index (χ0v) is 10.7. The predicted molar refractivity (Wildman–Crippen MR) is 72.4 cm³/mol. The Balaban J connectivity index is 1.71. The van der Waals surface area contributed by atoms with E-state index in [1.54, 1.807) is 6.07 Å². The van der Waals surface area contributed by atoms with Gasteiger partial charge in [0.25, 0.3) is 0 Å². The Morgan fingerprint density at radius 2 is 2.28 bits per heavy atom. The van der Waals surface area contributed by atoms with Gasteiger partial charge in [0.2, 0.25) is 5.91 Å². The summed E-state index contributed by atoms with van der Waals surface area (Å²) in [5, 5.41) is 2.87. The summed E-state index contributed by atoms with van der Waals surface area (Å²) in [6.07, 6.45) is 2.95. The van der Waals surface area contributed by atoms with Gasteiger partial charge in [0.05, 0.1) is 13.0 Å². The van der Waals surface area contributed by atoms with Crippen LogP contribution in [0.15, 0.2) is 18.2 Å². The van der Waals surface area contributed by atoms with Gasteiger partial charge in [0, 0.05) is 18.0 Å². The van der Waals surface area contributed by atoms with E-state index in [0.29, 0.717) is 18.7 Å². The molecule has 1 aromatic rings. The topological polar surface area (TPSA) is 64.3 Å². The Kier molecular flexibility index (Phi) is 4.20. The zero-order chi connectivity index (χ0) is 13.0. The van der Waals surface area contributed by atoms with Gasteiger partial charge >= 0.3 is 0 Å². The quantitative estimate of drug-likeness (QED) is 0.600. The molecular formula is C14H20N2O2. The standard InChI is InChI=1S/C14H20N2O2/c1-10-8-12(15)4-5-13(10)16-14(17)6-7-18-9-11-2-3-11/h4-5,8,11H,2-3,6-7,9,15H2,1H3,(H,16,17). The molecule has 0 bridgehead atoms. The number of carbonyl (C=O) groups excluding carboxylic acids is 1. The summed E-state index contributed by atoms with van der Waals surface area (Å²) in [6.45, 7) is 3.22. The minimum Gasteiger partial charge on any atom is -0.399 e. The molecule has 0 atom stereocenters. The molecule has 0 saturated heterocycles. The fourth-order valence-electron chi connectivity index (χ4n) is 1.74. The molecule has 18 heavy (non-hydrogen) atoms. The van der Waals surface area contributed by atoms with Gasteiger partial charge in [0.15, 0.2) is 0 Å². The molecule has 98 valence electrons. The van der Waals surface area contributed by atoms with Crippen LogP contribution >= 0.6 is 0 Å². The molecule has 1 aromatic carbocycles. The highest BCUT2D eigenvalue weighted by atomic mass is 16.5. The van der Waals surface area contributed by atoms with E-state index >= 15 is 0 Å². The summed E-state index contributed by atoms with van der Waals surface area (Å²) < 4.78 is 5.43. The van der Waals surface area contributed by atoms with Crippen molar-refractivity contribution in [2.24, 2.45) is 5.92 Å². The van der Waals surface area contributed by atoms with Gasteiger partial charge in [-0.25, -0.2) is 0 Å². The van der Waals surface area contributed by atoms with Crippen molar-refractivity contribution in [3.8, 4) is 0 Å². The van der Waals surface area contributed by atoms with Crippen molar-refractivity contribution in [3.05, 3.63) is 23.8 Å². The lowest BCUT2D eigenvalue weighted by Crippen LogP contribution is -2.15. The minimum atomic E-state index is -0.0151. The Hall–Kier alpha value is -1.55. The van der Waals surface area contributed by atoms with E-state index in [-0.39, 0.29) is 5.91 Å². The Morgan fingerprint density at radius 3 is 2.94 bits per heavy atom. The predicted octanol–water partition coefficient (Wildman–Crippen LogP) is 2.33. The van der Waals surface area contributed by atoms with Gasteiger partial charge in [-0.3, -0.25) is 4.79 Å². The molecule has 4 heteroatoms. The maximum Gasteiger partial charge on any atom is 0.226 e. The van der Waals surface area contributed by atoms with Crippen molar-refractivity contribution < 1.29 is 9.53 Å². The number of carbonyl (C=O) groups is 1. The average Bonchev–Trinajstić information content (AvgIpc) is 3.12. The van der Waals surface area contributed by atoms with Crippen LogP contribution in [0, 0.1) is 12.8 Å². The lowest BCUT2D eigenvalue weighted by molar-refractivity contribution is -0.117. The number of amides is 1. The summed E-state index contributed by atoms with van der Waals surface area (Å²) in [5.74, 6) is 0.728. The second-order valence-electron chi connectivity index (χ2n) is 4.89. The van der Waals surface area contributed by atoms with Crippen molar-refractivity contribution in [3.63, 3.8) is 0 Å². The summed E-state index contributed by atoms with van der Waals surface area (Å²) in [6, 6.07) is 5.46. The molecule has 0 spiro atoms. The van der Waals surface area contributed by atoms with Gasteiger partial charge < -0.3 is 15.8 Å². The highest BCUT2D eigenvalue weighted by Gasteiger charge is 2.21. The van der Waals surface area contributed by atoms with E-state index in [0.717, 1.165) is 23.8 Å². The molecule has 1 fully saturated rings. The number of nitrogen functional groups attached to an aromatic ring is 1. The van der Waals surface area contributed by atoms with Crippen molar-refractivity contribution in [1.82, 2.24) is 0 Å². The van der Waals surface area contributed by atoms with Crippen molar-refractivity contribution >= 4 is 17.3 Å². The fraction of sp³-hybridized carbons (Fsp3) is 0.500. The van der Waals surface area contributed by atoms with Crippen molar-refractivity contribution in [2.45, 2.75) is 26.2 Å². The monoisotopic (exact) mass is 248 g/mol. The number of hydrogen-bond acceptors (Lipinski definition) is 3. The maximum absolute atomic E-state index is 11.7. The molecule has 2 rings (SSSR count). The maximum atomic E-state index is 11.7. The molecule has 1 amide bonds. The molecule has 1 aliphatic carbocycles. The zero-order valence-electron chi connectivity index (χ0n) is 10.7. The van der Waals surface area contributed by atoms with E-state index in [2.05, 4.69) is 5.32 Å². The third-order valence-electron chi connectivity index (χ3n) is 3.05. The number of aryl methyl sites for hydroxylation is 1. The first-order chi connectivity index (χ1) is 8.65. The second kappa shape index (κ2) is 5.87. The number of ether oxygens (including phenoxy) is 1. The molecule has 1 saturated carbocycles. The normalized spacial score (nSPS) is 14.5. The molecule has 4 nitrogen and oxygen atoms in total. The first kappa shape index (κ1) is 12.9. The van der Waals surface area contributed by atoms with Gasteiger partial charge in [-0.15, -0.1) is 0 Å². The van der Waals surface area contributed by atoms with Gasteiger partial charge in [-0.2, -0.15) is 0 Å². The van der Waals surface area contributed by atoms with Crippen LogP contribution in [0.1, 0.15) is 24.8 Å². The number of benzene rings is 1. The summed E-state index contributed by atoms with van der Waals surface area (Å²) in [4.78, 5) is 11.7. The number of hydrogen-bond donors (Lipinski definition) is 2. The number of rotatable bonds is 6. The van der Waals surface area contributed by atoms with E-state index in [9.17, 15) is 4.79 Å². The Morgan fingerprint density at radius 1 is 1.50 bits per heavy atom. The van der Waals surface area contributed by atoms with Gasteiger partial charge in [-0.05, 0) is 49.4 Å². The summed E-state index contributed by atoms with van der Waals surface area (Å²) in [7, 11) is 0. The van der Waals surface area contributed by atoms with Crippen LogP contribution < -0.4 is 11.1 Å². The number of anilines is 2. The molecule has 0 radical (unpaired) electrons. The number of nitrogens with one attached hydrogen (secondary N) is 1. The van der Waals surface area contributed by atoms with Crippen LogP contribution in [0.5, 0.6) is 0 Å². The first-order valence-corrected chi connectivity index (χ1v) is 6.39.